The van der Waals surface area contributed by atoms with Crippen molar-refractivity contribution in [3.8, 4) is 101 Å². The molecule has 0 radical (unpaired) electrons. The predicted molar refractivity (Wildman–Crippen MR) is 474 cm³/mol. The van der Waals surface area contributed by atoms with E-state index in [4.69, 9.17) is 0 Å². The van der Waals surface area contributed by atoms with E-state index in [0.29, 0.717) is 0 Å². The fourth-order valence-corrected chi connectivity index (χ4v) is 17.7. The number of aromatic nitrogens is 2. The Balaban J connectivity index is 1.02. The van der Waals surface area contributed by atoms with Crippen molar-refractivity contribution in [2.75, 3.05) is 9.80 Å². The van der Waals surface area contributed by atoms with E-state index in [2.05, 4.69) is 445 Å². The monoisotopic (exact) mass is 1430 g/mol. The standard InChI is InChI=1S/C106H87BN4/c1-104(2,3)78-62-87(70-38-18-10-19-39-70)102(88(63-78)71-40-20-11-21-41-71)110-93-68-81(108-98(74-46-26-14-27-47-74)83-54-34-35-55-84(83)99(108)75-48-28-15-29-49-75)58-60-91(93)107-92-61-59-82(109-100(76-50-30-16-31-51-76)85-56-36-37-57-86(85)101(109)77-52-32-17-33-53-77)69-94(92)111(96-67-80(106(7,8)9)66-95(110)97(96)107)103-89(72-42-22-12-23-43-72)64-79(105(4,5)6)65-90(103)73-44-24-13-25-45-73/h10-69H,1-9H3. The van der Waals surface area contributed by atoms with Crippen molar-refractivity contribution in [2.45, 2.75) is 78.6 Å². The summed E-state index contributed by atoms with van der Waals surface area (Å²) < 4.78 is 5.16. The van der Waals surface area contributed by atoms with E-state index in [1.807, 2.05) is 0 Å². The van der Waals surface area contributed by atoms with Crippen LogP contribution in [0, 0.1) is 0 Å². The normalized spacial score (nSPS) is 12.7. The zero-order chi connectivity index (χ0) is 75.4. The first kappa shape index (κ1) is 68.6. The summed E-state index contributed by atoms with van der Waals surface area (Å²) in [7, 11) is 0. The van der Waals surface area contributed by atoms with Gasteiger partial charge in [-0.2, -0.15) is 0 Å². The molecule has 2 aromatic heterocycles. The molecule has 17 aromatic rings. The van der Waals surface area contributed by atoms with Crippen molar-refractivity contribution in [2.24, 2.45) is 0 Å². The molecular formula is C106H87BN4. The summed E-state index contributed by atoms with van der Waals surface area (Å²) in [5.74, 6) is 0. The Morgan fingerprint density at radius 1 is 0.216 bits per heavy atom. The summed E-state index contributed by atoms with van der Waals surface area (Å²) in [6.07, 6.45) is 0. The summed E-state index contributed by atoms with van der Waals surface area (Å²) in [4.78, 5) is 5.49. The van der Waals surface area contributed by atoms with Crippen LogP contribution in [0.5, 0.6) is 0 Å². The molecule has 0 spiro atoms. The first-order valence-corrected chi connectivity index (χ1v) is 39.2. The number of fused-ring (bicyclic) bond motifs is 6. The SMILES string of the molecule is CC(C)(C)c1cc(-c2ccccc2)c(N2c3cc(-n4c(-c5ccccc5)c5ccccc5c4-c4ccccc4)ccc3B3c4ccc(-n5c(-c6ccccc6)c6ccccc6c5-c5ccccc5)cc4N(c4c(-c5ccccc5)cc(C(C)(C)C)cc4-c4ccccc4)c4cc(C(C)(C)C)cc2c43)c(-c2ccccc2)c1. The number of anilines is 6. The largest absolute Gasteiger partial charge is 0.310 e. The van der Waals surface area contributed by atoms with Gasteiger partial charge < -0.3 is 18.9 Å². The number of nitrogens with zero attached hydrogens (tertiary/aromatic N) is 4. The number of hydrogen-bond acceptors (Lipinski definition) is 2. The van der Waals surface area contributed by atoms with Gasteiger partial charge >= 0.3 is 0 Å². The van der Waals surface area contributed by atoms with Crippen molar-refractivity contribution in [3.05, 3.63) is 381 Å². The molecule has 4 heterocycles. The fraction of sp³-hybridized carbons (Fsp3) is 0.113. The lowest BCUT2D eigenvalue weighted by Gasteiger charge is -2.47. The zero-order valence-electron chi connectivity index (χ0n) is 64.5. The summed E-state index contributed by atoms with van der Waals surface area (Å²) in [6.45, 7) is 21.1. The van der Waals surface area contributed by atoms with Crippen LogP contribution in [0.2, 0.25) is 0 Å². The average Bonchev–Trinajstić information content (AvgIpc) is 1.00. The molecule has 0 atom stereocenters. The zero-order valence-corrected chi connectivity index (χ0v) is 64.5. The van der Waals surface area contributed by atoms with Crippen LogP contribution in [0.4, 0.5) is 34.1 Å². The van der Waals surface area contributed by atoms with E-state index >= 15 is 0 Å². The minimum Gasteiger partial charge on any atom is -0.310 e. The molecule has 0 unspecified atom stereocenters. The van der Waals surface area contributed by atoms with Gasteiger partial charge in [0.05, 0.1) is 34.2 Å². The Hall–Kier alpha value is -13.0. The second-order valence-corrected chi connectivity index (χ2v) is 33.2. The molecular weight excluding hydrogens is 1340 g/mol. The van der Waals surface area contributed by atoms with Gasteiger partial charge in [0.1, 0.15) is 0 Å². The van der Waals surface area contributed by atoms with Crippen molar-refractivity contribution in [1.29, 1.82) is 0 Å². The highest BCUT2D eigenvalue weighted by molar-refractivity contribution is 7.00. The molecule has 2 aliphatic heterocycles. The average molecular weight is 1430 g/mol. The van der Waals surface area contributed by atoms with Crippen molar-refractivity contribution < 1.29 is 0 Å². The van der Waals surface area contributed by atoms with Gasteiger partial charge in [0, 0.05) is 77.9 Å². The van der Waals surface area contributed by atoms with Crippen LogP contribution in [0.3, 0.4) is 0 Å². The lowest BCUT2D eigenvalue weighted by atomic mass is 9.33. The molecule has 0 amide bonds. The number of rotatable bonds is 12. The Kier molecular flexibility index (Phi) is 16.7. The molecule has 19 rings (SSSR count). The minimum absolute atomic E-state index is 0.220. The van der Waals surface area contributed by atoms with E-state index in [-0.39, 0.29) is 23.0 Å². The predicted octanol–water partition coefficient (Wildman–Crippen LogP) is 26.9. The van der Waals surface area contributed by atoms with Gasteiger partial charge in [0.25, 0.3) is 6.71 Å². The van der Waals surface area contributed by atoms with Crippen molar-refractivity contribution in [1.82, 2.24) is 9.13 Å². The third-order valence-corrected chi connectivity index (χ3v) is 23.1. The van der Waals surface area contributed by atoms with Crippen LogP contribution in [0.25, 0.3) is 122 Å². The van der Waals surface area contributed by atoms with Crippen LogP contribution in [0.15, 0.2) is 364 Å². The van der Waals surface area contributed by atoms with E-state index in [1.165, 1.54) is 54.6 Å². The van der Waals surface area contributed by atoms with Crippen LogP contribution < -0.4 is 26.2 Å². The Bertz CT molecular complexity index is 5740. The maximum Gasteiger partial charge on any atom is 0.252 e. The molecule has 15 aromatic carbocycles. The van der Waals surface area contributed by atoms with Crippen LogP contribution in [0.1, 0.15) is 79.0 Å². The molecule has 4 nitrogen and oxygen atoms in total. The van der Waals surface area contributed by atoms with E-state index in [0.717, 1.165) is 135 Å². The highest BCUT2D eigenvalue weighted by Crippen LogP contribution is 2.57. The Morgan fingerprint density at radius 3 is 0.685 bits per heavy atom. The molecule has 534 valence electrons. The van der Waals surface area contributed by atoms with Gasteiger partial charge in [-0.1, -0.05) is 366 Å². The van der Waals surface area contributed by atoms with E-state index in [1.54, 1.807) is 0 Å². The summed E-state index contributed by atoms with van der Waals surface area (Å²) in [5, 5.41) is 4.76. The highest BCUT2D eigenvalue weighted by atomic mass is 15.2. The number of benzene rings is 15. The summed E-state index contributed by atoms with van der Waals surface area (Å²) in [5.41, 5.74) is 33.8. The molecule has 0 saturated carbocycles. The lowest BCUT2D eigenvalue weighted by molar-refractivity contribution is 0.590. The van der Waals surface area contributed by atoms with Crippen LogP contribution >= 0.6 is 0 Å². The second kappa shape index (κ2) is 27.0. The molecule has 0 aliphatic carbocycles. The number of hydrogen-bond donors (Lipinski definition) is 0. The van der Waals surface area contributed by atoms with E-state index < -0.39 is 0 Å². The van der Waals surface area contributed by atoms with Crippen LogP contribution in [-0.2, 0) is 16.2 Å². The van der Waals surface area contributed by atoms with Gasteiger partial charge in [-0.05, 0) is 154 Å². The first-order valence-electron chi connectivity index (χ1n) is 39.2. The maximum atomic E-state index is 2.74. The molecule has 0 bridgehead atoms. The van der Waals surface area contributed by atoms with Gasteiger partial charge in [-0.25, -0.2) is 0 Å². The Morgan fingerprint density at radius 2 is 0.441 bits per heavy atom. The summed E-state index contributed by atoms with van der Waals surface area (Å²) in [6, 6.07) is 137. The topological polar surface area (TPSA) is 16.3 Å². The first-order chi connectivity index (χ1) is 54.0. The Labute approximate surface area is 653 Å². The molecule has 0 saturated heterocycles. The highest BCUT2D eigenvalue weighted by Gasteiger charge is 2.47. The van der Waals surface area contributed by atoms with Crippen molar-refractivity contribution in [3.63, 3.8) is 0 Å². The molecule has 2 aliphatic rings. The van der Waals surface area contributed by atoms with E-state index in [9.17, 15) is 0 Å². The quantitative estimate of drug-likeness (QED) is 0.113. The smallest absolute Gasteiger partial charge is 0.252 e. The molecule has 5 heteroatoms. The minimum atomic E-state index is -0.370. The summed E-state index contributed by atoms with van der Waals surface area (Å²) >= 11 is 0. The van der Waals surface area contributed by atoms with Crippen molar-refractivity contribution >= 4 is 78.8 Å². The molecule has 0 fully saturated rings. The van der Waals surface area contributed by atoms with Gasteiger partial charge in [-0.15, -0.1) is 0 Å². The second-order valence-electron chi connectivity index (χ2n) is 33.2. The maximum absolute atomic E-state index is 2.74. The van der Waals surface area contributed by atoms with Gasteiger partial charge in [0.15, 0.2) is 0 Å². The van der Waals surface area contributed by atoms with Gasteiger partial charge in [0.2, 0.25) is 0 Å². The van der Waals surface area contributed by atoms with Gasteiger partial charge in [-0.3, -0.25) is 0 Å². The van der Waals surface area contributed by atoms with Crippen LogP contribution in [-0.4, -0.2) is 15.8 Å². The lowest BCUT2D eigenvalue weighted by Crippen LogP contribution is -2.61. The molecule has 0 N–H and O–H groups in total. The third-order valence-electron chi connectivity index (χ3n) is 23.1. The molecule has 111 heavy (non-hydrogen) atoms. The third kappa shape index (κ3) is 11.8. The fourth-order valence-electron chi connectivity index (χ4n) is 17.7.